The SMILES string of the molecule is COc1cccn(-c2ccc3c(c2)[C@@](O)([C@H](C)/C=C/CCn2cc(CCO)nn2)C(=O)N3)c1=O. The fourth-order valence-corrected chi connectivity index (χ4v) is 4.05. The second-order valence-corrected chi connectivity index (χ2v) is 8.15. The normalized spacial score (nSPS) is 18.2. The molecule has 1 aliphatic heterocycles. The van der Waals surface area contributed by atoms with Gasteiger partial charge in [0.25, 0.3) is 11.5 Å². The highest BCUT2D eigenvalue weighted by molar-refractivity contribution is 6.05. The van der Waals surface area contributed by atoms with Crippen molar-refractivity contribution in [3.63, 3.8) is 0 Å². The van der Waals surface area contributed by atoms with Crippen LogP contribution in [0, 0.1) is 5.92 Å². The number of hydrogen-bond acceptors (Lipinski definition) is 7. The molecule has 0 saturated heterocycles. The van der Waals surface area contributed by atoms with Crippen LogP contribution in [-0.4, -0.2) is 49.4 Å². The van der Waals surface area contributed by atoms with Crippen LogP contribution in [0.2, 0.25) is 0 Å². The number of hydrogen-bond donors (Lipinski definition) is 3. The van der Waals surface area contributed by atoms with E-state index in [9.17, 15) is 14.7 Å². The molecule has 0 aliphatic carbocycles. The highest BCUT2D eigenvalue weighted by Crippen LogP contribution is 2.42. The molecule has 3 heterocycles. The summed E-state index contributed by atoms with van der Waals surface area (Å²) >= 11 is 0. The van der Waals surface area contributed by atoms with Crippen molar-refractivity contribution in [2.24, 2.45) is 5.92 Å². The number of carbonyl (C=O) groups is 1. The molecule has 1 amide bonds. The van der Waals surface area contributed by atoms with Crippen molar-refractivity contribution in [1.82, 2.24) is 19.6 Å². The van der Waals surface area contributed by atoms with Crippen molar-refractivity contribution in [2.75, 3.05) is 19.0 Å². The number of aromatic nitrogens is 4. The predicted octanol–water partition coefficient (Wildman–Crippen LogP) is 1.39. The average Bonchev–Trinajstić information content (AvgIpc) is 3.39. The number of pyridine rings is 1. The van der Waals surface area contributed by atoms with Crippen LogP contribution in [0.25, 0.3) is 5.69 Å². The summed E-state index contributed by atoms with van der Waals surface area (Å²) in [6.45, 7) is 2.36. The quantitative estimate of drug-likeness (QED) is 0.407. The largest absolute Gasteiger partial charge is 0.491 e. The molecule has 10 heteroatoms. The Balaban J connectivity index is 1.54. The Morgan fingerprint density at radius 2 is 2.12 bits per heavy atom. The summed E-state index contributed by atoms with van der Waals surface area (Å²) < 4.78 is 8.21. The molecule has 3 aromatic rings. The van der Waals surface area contributed by atoms with Gasteiger partial charge < -0.3 is 20.3 Å². The van der Waals surface area contributed by atoms with Gasteiger partial charge in [0.2, 0.25) is 0 Å². The summed E-state index contributed by atoms with van der Waals surface area (Å²) in [7, 11) is 1.43. The van der Waals surface area contributed by atoms with Crippen LogP contribution < -0.4 is 15.6 Å². The molecule has 2 aromatic heterocycles. The number of aliphatic hydroxyl groups is 2. The predicted molar refractivity (Wildman–Crippen MR) is 125 cm³/mol. The Hall–Kier alpha value is -3.76. The Bertz CT molecular complexity index is 1280. The van der Waals surface area contributed by atoms with Crippen LogP contribution in [-0.2, 0) is 23.4 Å². The number of rotatable bonds is 9. The van der Waals surface area contributed by atoms with Crippen LogP contribution in [0.3, 0.4) is 0 Å². The Morgan fingerprint density at radius 3 is 2.88 bits per heavy atom. The minimum absolute atomic E-state index is 0.0202. The maximum atomic E-state index is 12.8. The maximum absolute atomic E-state index is 12.8. The van der Waals surface area contributed by atoms with Crippen LogP contribution in [0.4, 0.5) is 5.69 Å². The van der Waals surface area contributed by atoms with Crippen molar-refractivity contribution >= 4 is 11.6 Å². The molecule has 4 rings (SSSR count). The zero-order valence-corrected chi connectivity index (χ0v) is 19.0. The van der Waals surface area contributed by atoms with Crippen LogP contribution in [0.15, 0.2) is 59.7 Å². The van der Waals surface area contributed by atoms with Crippen molar-refractivity contribution in [2.45, 2.75) is 31.9 Å². The zero-order chi connectivity index (χ0) is 24.3. The van der Waals surface area contributed by atoms with E-state index in [-0.39, 0.29) is 17.9 Å². The molecule has 2 atom stereocenters. The second kappa shape index (κ2) is 9.62. The van der Waals surface area contributed by atoms with Gasteiger partial charge in [0, 0.05) is 54.8 Å². The van der Waals surface area contributed by atoms with E-state index in [0.29, 0.717) is 36.3 Å². The molecule has 1 aromatic carbocycles. The van der Waals surface area contributed by atoms with Gasteiger partial charge in [-0.15, -0.1) is 5.10 Å². The van der Waals surface area contributed by atoms with E-state index in [2.05, 4.69) is 15.6 Å². The molecule has 0 radical (unpaired) electrons. The lowest BCUT2D eigenvalue weighted by atomic mass is 9.82. The van der Waals surface area contributed by atoms with Crippen molar-refractivity contribution in [3.05, 3.63) is 76.5 Å². The number of methoxy groups -OCH3 is 1. The van der Waals surface area contributed by atoms with Crippen LogP contribution in [0.1, 0.15) is 24.6 Å². The van der Waals surface area contributed by atoms with Crippen molar-refractivity contribution in [1.29, 1.82) is 0 Å². The first-order valence-electron chi connectivity index (χ1n) is 11.0. The smallest absolute Gasteiger partial charge is 0.297 e. The summed E-state index contributed by atoms with van der Waals surface area (Å²) in [5.74, 6) is -0.855. The second-order valence-electron chi connectivity index (χ2n) is 8.15. The van der Waals surface area contributed by atoms with E-state index >= 15 is 0 Å². The molecule has 178 valence electrons. The minimum atomic E-state index is -1.79. The summed E-state index contributed by atoms with van der Waals surface area (Å²) in [5.41, 5.74) is 0.0245. The number of fused-ring (bicyclic) bond motifs is 1. The first-order valence-corrected chi connectivity index (χ1v) is 11.0. The highest BCUT2D eigenvalue weighted by atomic mass is 16.5. The third-order valence-corrected chi connectivity index (χ3v) is 5.98. The third kappa shape index (κ3) is 4.25. The molecular formula is C24H27N5O5. The number of aryl methyl sites for hydroxylation is 1. The topological polar surface area (TPSA) is 132 Å². The van der Waals surface area contributed by atoms with Gasteiger partial charge in [-0.1, -0.05) is 24.3 Å². The maximum Gasteiger partial charge on any atom is 0.297 e. The highest BCUT2D eigenvalue weighted by Gasteiger charge is 2.48. The Kier molecular flexibility index (Phi) is 6.62. The summed E-state index contributed by atoms with van der Waals surface area (Å²) in [6, 6.07) is 8.30. The van der Waals surface area contributed by atoms with Crippen LogP contribution >= 0.6 is 0 Å². The van der Waals surface area contributed by atoms with Gasteiger partial charge in [-0.3, -0.25) is 18.8 Å². The van der Waals surface area contributed by atoms with E-state index in [4.69, 9.17) is 9.84 Å². The summed E-state index contributed by atoms with van der Waals surface area (Å²) in [4.78, 5) is 25.4. The Morgan fingerprint density at radius 1 is 1.29 bits per heavy atom. The molecule has 0 saturated carbocycles. The number of benzene rings is 1. The molecule has 10 nitrogen and oxygen atoms in total. The molecule has 0 spiro atoms. The molecule has 0 fully saturated rings. The fraction of sp³-hybridized carbons (Fsp3) is 0.333. The molecule has 0 unspecified atom stereocenters. The van der Waals surface area contributed by atoms with E-state index in [0.717, 1.165) is 5.69 Å². The number of allylic oxidation sites excluding steroid dienone is 1. The van der Waals surface area contributed by atoms with Gasteiger partial charge in [0.15, 0.2) is 11.4 Å². The molecule has 34 heavy (non-hydrogen) atoms. The third-order valence-electron chi connectivity index (χ3n) is 5.98. The minimum Gasteiger partial charge on any atom is -0.491 e. The summed E-state index contributed by atoms with van der Waals surface area (Å²) in [5, 5.41) is 31.2. The van der Waals surface area contributed by atoms with Crippen molar-refractivity contribution in [3.8, 4) is 11.4 Å². The van der Waals surface area contributed by atoms with E-state index in [1.54, 1.807) is 60.4 Å². The first-order chi connectivity index (χ1) is 16.4. The summed E-state index contributed by atoms with van der Waals surface area (Å²) in [6.07, 6.45) is 8.15. The molecule has 0 bridgehead atoms. The first kappa shape index (κ1) is 23.4. The number of aliphatic hydroxyl groups excluding tert-OH is 1. The molecule has 1 aliphatic rings. The zero-order valence-electron chi connectivity index (χ0n) is 19.0. The number of nitrogens with one attached hydrogen (secondary N) is 1. The number of nitrogens with zero attached hydrogens (tertiary/aromatic N) is 4. The van der Waals surface area contributed by atoms with Gasteiger partial charge in [0.05, 0.1) is 12.8 Å². The van der Waals surface area contributed by atoms with Gasteiger partial charge in [-0.2, -0.15) is 0 Å². The van der Waals surface area contributed by atoms with Gasteiger partial charge in [0.1, 0.15) is 0 Å². The van der Waals surface area contributed by atoms with E-state index in [1.807, 2.05) is 6.08 Å². The Labute approximate surface area is 196 Å². The lowest BCUT2D eigenvalue weighted by Gasteiger charge is -2.26. The van der Waals surface area contributed by atoms with Crippen LogP contribution in [0.5, 0.6) is 5.75 Å². The van der Waals surface area contributed by atoms with Gasteiger partial charge >= 0.3 is 0 Å². The number of carbonyl (C=O) groups excluding carboxylic acids is 1. The number of amides is 1. The monoisotopic (exact) mass is 465 g/mol. The number of ether oxygens (including phenoxy) is 1. The fourth-order valence-electron chi connectivity index (χ4n) is 4.05. The van der Waals surface area contributed by atoms with E-state index < -0.39 is 17.4 Å². The molecular weight excluding hydrogens is 438 g/mol. The van der Waals surface area contributed by atoms with E-state index in [1.165, 1.54) is 11.7 Å². The van der Waals surface area contributed by atoms with Gasteiger partial charge in [-0.05, 0) is 36.8 Å². The number of anilines is 1. The van der Waals surface area contributed by atoms with Crippen molar-refractivity contribution < 1.29 is 19.7 Å². The standard InChI is InChI=1S/C24H27N5O5/c1-16(6-3-4-11-28-15-17(10-13-30)26-27-28)24(33)19-14-18(8-9-20(19)25-23(24)32)29-12-5-7-21(34-2)22(29)31/h3,5-9,12,14-16,30,33H,4,10-11,13H2,1-2H3,(H,25,32)/b6-3+/t16-,24+/m1/s1. The van der Waals surface area contributed by atoms with Gasteiger partial charge in [-0.25, -0.2) is 0 Å². The lowest BCUT2D eigenvalue weighted by Crippen LogP contribution is -2.39. The average molecular weight is 466 g/mol. The lowest BCUT2D eigenvalue weighted by molar-refractivity contribution is -0.137. The molecule has 3 N–H and O–H groups in total.